The summed E-state index contributed by atoms with van der Waals surface area (Å²) in [6.07, 6.45) is -0.0141. The van der Waals surface area contributed by atoms with Crippen LogP contribution in [0.5, 0.6) is 0 Å². The zero-order valence-corrected chi connectivity index (χ0v) is 12.9. The van der Waals surface area contributed by atoms with Crippen molar-refractivity contribution in [3.8, 4) is 0 Å². The van der Waals surface area contributed by atoms with Crippen LogP contribution >= 0.6 is 0 Å². The topological polar surface area (TPSA) is 72.2 Å². The van der Waals surface area contributed by atoms with Gasteiger partial charge in [-0.3, -0.25) is 9.20 Å². The van der Waals surface area contributed by atoms with E-state index in [0.717, 1.165) is 11.4 Å². The molecule has 118 valence electrons. The standard InChI is InChI=1S/C16H16FN5O/c1-10-7-11(2)22-14(20-21-16(22)19-10)9-18-15(23)8-12-5-3-4-6-13(12)17/h3-7H,8-9H2,1-2H3,(H,18,23). The molecular weight excluding hydrogens is 297 g/mol. The molecule has 7 heteroatoms. The van der Waals surface area contributed by atoms with E-state index in [9.17, 15) is 9.18 Å². The Kier molecular flexibility index (Phi) is 4.01. The summed E-state index contributed by atoms with van der Waals surface area (Å²) in [5.41, 5.74) is 2.16. The van der Waals surface area contributed by atoms with E-state index in [2.05, 4.69) is 20.5 Å². The van der Waals surface area contributed by atoms with Gasteiger partial charge in [-0.2, -0.15) is 0 Å². The van der Waals surface area contributed by atoms with Crippen molar-refractivity contribution in [3.05, 3.63) is 58.9 Å². The van der Waals surface area contributed by atoms with Crippen LogP contribution in [0, 0.1) is 19.7 Å². The van der Waals surface area contributed by atoms with E-state index in [1.807, 2.05) is 19.9 Å². The molecule has 0 atom stereocenters. The van der Waals surface area contributed by atoms with Crippen molar-refractivity contribution in [2.75, 3.05) is 0 Å². The maximum absolute atomic E-state index is 13.5. The highest BCUT2D eigenvalue weighted by Gasteiger charge is 2.12. The third kappa shape index (κ3) is 3.18. The van der Waals surface area contributed by atoms with Crippen molar-refractivity contribution >= 4 is 11.7 Å². The molecule has 0 bridgehead atoms. The Labute approximate surface area is 132 Å². The molecule has 0 saturated heterocycles. The van der Waals surface area contributed by atoms with Crippen molar-refractivity contribution < 1.29 is 9.18 Å². The van der Waals surface area contributed by atoms with Crippen LogP contribution in [0.2, 0.25) is 0 Å². The summed E-state index contributed by atoms with van der Waals surface area (Å²) < 4.78 is 15.3. The second-order valence-electron chi connectivity index (χ2n) is 5.34. The first-order valence-electron chi connectivity index (χ1n) is 7.23. The second-order valence-corrected chi connectivity index (χ2v) is 5.34. The number of hydrogen-bond acceptors (Lipinski definition) is 4. The normalized spacial score (nSPS) is 10.9. The van der Waals surface area contributed by atoms with Gasteiger partial charge in [-0.25, -0.2) is 9.37 Å². The third-order valence-corrected chi connectivity index (χ3v) is 3.51. The molecule has 0 saturated carbocycles. The average Bonchev–Trinajstić information content (AvgIpc) is 2.90. The molecule has 0 aliphatic rings. The Morgan fingerprint density at radius 2 is 2.04 bits per heavy atom. The lowest BCUT2D eigenvalue weighted by molar-refractivity contribution is -0.120. The van der Waals surface area contributed by atoms with E-state index in [-0.39, 0.29) is 24.7 Å². The number of amides is 1. The van der Waals surface area contributed by atoms with Crippen LogP contribution in [0.25, 0.3) is 5.78 Å². The lowest BCUT2D eigenvalue weighted by atomic mass is 10.1. The van der Waals surface area contributed by atoms with E-state index in [4.69, 9.17) is 0 Å². The van der Waals surface area contributed by atoms with Gasteiger partial charge < -0.3 is 5.32 Å². The lowest BCUT2D eigenvalue weighted by Gasteiger charge is -2.07. The third-order valence-electron chi connectivity index (χ3n) is 3.51. The SMILES string of the molecule is Cc1cc(C)n2c(CNC(=O)Cc3ccccc3F)nnc2n1. The predicted molar refractivity (Wildman–Crippen MR) is 82.2 cm³/mol. The number of nitrogens with zero attached hydrogens (tertiary/aromatic N) is 4. The Bertz CT molecular complexity index is 874. The molecule has 0 unspecified atom stereocenters. The van der Waals surface area contributed by atoms with Crippen molar-refractivity contribution in [2.45, 2.75) is 26.8 Å². The van der Waals surface area contributed by atoms with Crippen LogP contribution in [-0.2, 0) is 17.8 Å². The lowest BCUT2D eigenvalue weighted by Crippen LogP contribution is -2.26. The van der Waals surface area contributed by atoms with E-state index in [1.54, 1.807) is 22.6 Å². The molecule has 0 spiro atoms. The molecule has 6 nitrogen and oxygen atoms in total. The molecule has 2 heterocycles. The summed E-state index contributed by atoms with van der Waals surface area (Å²) in [5, 5.41) is 10.8. The van der Waals surface area contributed by atoms with Gasteiger partial charge in [0.2, 0.25) is 5.91 Å². The molecule has 3 rings (SSSR count). The van der Waals surface area contributed by atoms with Gasteiger partial charge in [-0.05, 0) is 31.5 Å². The van der Waals surface area contributed by atoms with E-state index in [0.29, 0.717) is 17.2 Å². The molecule has 0 aliphatic heterocycles. The van der Waals surface area contributed by atoms with Gasteiger partial charge in [0.05, 0.1) is 13.0 Å². The fourth-order valence-electron chi connectivity index (χ4n) is 2.47. The van der Waals surface area contributed by atoms with E-state index in [1.165, 1.54) is 6.07 Å². The first-order chi connectivity index (χ1) is 11.0. The van der Waals surface area contributed by atoms with Gasteiger partial charge in [0, 0.05) is 11.4 Å². The summed E-state index contributed by atoms with van der Waals surface area (Å²) in [7, 11) is 0. The molecule has 2 aromatic heterocycles. The van der Waals surface area contributed by atoms with Gasteiger partial charge in [0.25, 0.3) is 5.78 Å². The number of aromatic nitrogens is 4. The fraction of sp³-hybridized carbons (Fsp3) is 0.250. The van der Waals surface area contributed by atoms with Crippen molar-refractivity contribution in [1.29, 1.82) is 0 Å². The molecule has 0 radical (unpaired) electrons. The largest absolute Gasteiger partial charge is 0.348 e. The van der Waals surface area contributed by atoms with Crippen LogP contribution in [0.4, 0.5) is 4.39 Å². The first kappa shape index (κ1) is 15.1. The van der Waals surface area contributed by atoms with Crippen LogP contribution in [-0.4, -0.2) is 25.5 Å². The zero-order valence-electron chi connectivity index (χ0n) is 12.9. The zero-order chi connectivity index (χ0) is 16.4. The fourth-order valence-corrected chi connectivity index (χ4v) is 2.47. The minimum atomic E-state index is -0.383. The monoisotopic (exact) mass is 313 g/mol. The molecule has 1 N–H and O–H groups in total. The highest BCUT2D eigenvalue weighted by molar-refractivity contribution is 5.78. The molecule has 0 fully saturated rings. The number of halogens is 1. The van der Waals surface area contributed by atoms with Gasteiger partial charge >= 0.3 is 0 Å². The number of carbonyl (C=O) groups excluding carboxylic acids is 1. The Balaban J connectivity index is 1.71. The number of fused-ring (bicyclic) bond motifs is 1. The smallest absolute Gasteiger partial charge is 0.255 e. The molecule has 1 aromatic carbocycles. The number of carbonyl (C=O) groups is 1. The number of hydrogen-bond donors (Lipinski definition) is 1. The van der Waals surface area contributed by atoms with Crippen LogP contribution in [0.1, 0.15) is 22.8 Å². The molecule has 23 heavy (non-hydrogen) atoms. The maximum atomic E-state index is 13.5. The minimum absolute atomic E-state index is 0.0141. The minimum Gasteiger partial charge on any atom is -0.348 e. The van der Waals surface area contributed by atoms with Gasteiger partial charge in [-0.15, -0.1) is 10.2 Å². The molecule has 3 aromatic rings. The highest BCUT2D eigenvalue weighted by Crippen LogP contribution is 2.09. The summed E-state index contributed by atoms with van der Waals surface area (Å²) >= 11 is 0. The summed E-state index contributed by atoms with van der Waals surface area (Å²) in [6, 6.07) is 8.15. The maximum Gasteiger partial charge on any atom is 0.255 e. The van der Waals surface area contributed by atoms with Crippen LogP contribution in [0.3, 0.4) is 0 Å². The number of benzene rings is 1. The predicted octanol–water partition coefficient (Wildman–Crippen LogP) is 1.74. The van der Waals surface area contributed by atoms with Gasteiger partial charge in [0.15, 0.2) is 5.82 Å². The molecule has 1 amide bonds. The summed E-state index contributed by atoms with van der Waals surface area (Å²) in [6.45, 7) is 4.02. The van der Waals surface area contributed by atoms with E-state index >= 15 is 0 Å². The van der Waals surface area contributed by atoms with Crippen molar-refractivity contribution in [1.82, 2.24) is 24.9 Å². The van der Waals surface area contributed by atoms with Gasteiger partial charge in [-0.1, -0.05) is 18.2 Å². The van der Waals surface area contributed by atoms with E-state index < -0.39 is 0 Å². The summed E-state index contributed by atoms with van der Waals surface area (Å²) in [4.78, 5) is 16.3. The Hall–Kier alpha value is -2.83. The number of aryl methyl sites for hydroxylation is 2. The number of rotatable bonds is 4. The van der Waals surface area contributed by atoms with Crippen LogP contribution < -0.4 is 5.32 Å². The van der Waals surface area contributed by atoms with Crippen LogP contribution in [0.15, 0.2) is 30.3 Å². The average molecular weight is 313 g/mol. The van der Waals surface area contributed by atoms with Crippen molar-refractivity contribution in [3.63, 3.8) is 0 Å². The molecular formula is C16H16FN5O. The number of nitrogens with one attached hydrogen (secondary N) is 1. The second kappa shape index (κ2) is 6.12. The van der Waals surface area contributed by atoms with Gasteiger partial charge in [0.1, 0.15) is 5.82 Å². The Morgan fingerprint density at radius 1 is 1.26 bits per heavy atom. The van der Waals surface area contributed by atoms with Crippen molar-refractivity contribution in [2.24, 2.45) is 0 Å². The quantitative estimate of drug-likeness (QED) is 0.796. The molecule has 0 aliphatic carbocycles. The summed E-state index contributed by atoms with van der Waals surface area (Å²) in [5.74, 6) is 0.434. The first-order valence-corrected chi connectivity index (χ1v) is 7.23. The Morgan fingerprint density at radius 3 is 2.83 bits per heavy atom. The highest BCUT2D eigenvalue weighted by atomic mass is 19.1.